The van der Waals surface area contributed by atoms with Gasteiger partial charge in [0.1, 0.15) is 11.6 Å². The summed E-state index contributed by atoms with van der Waals surface area (Å²) in [5.74, 6) is -1.13. The first kappa shape index (κ1) is 22.5. The Labute approximate surface area is 185 Å². The van der Waals surface area contributed by atoms with Crippen molar-refractivity contribution in [2.75, 3.05) is 30.8 Å². The van der Waals surface area contributed by atoms with E-state index in [0.29, 0.717) is 17.4 Å². The minimum Gasteiger partial charge on any atom is -0.462 e. The highest BCUT2D eigenvalue weighted by Crippen LogP contribution is 2.27. The molecule has 0 saturated heterocycles. The first-order valence-corrected chi connectivity index (χ1v) is 10.9. The van der Waals surface area contributed by atoms with E-state index in [9.17, 15) is 14.9 Å². The number of amides is 1. The Morgan fingerprint density at radius 2 is 2.19 bits per heavy atom. The van der Waals surface area contributed by atoms with Crippen LogP contribution in [0.2, 0.25) is 0 Å². The highest BCUT2D eigenvalue weighted by Gasteiger charge is 2.19. The Hall–Kier alpha value is -3.22. The predicted octanol–water partition coefficient (Wildman–Crippen LogP) is 3.55. The van der Waals surface area contributed by atoms with E-state index < -0.39 is 11.9 Å². The molecule has 1 amide bonds. The van der Waals surface area contributed by atoms with E-state index >= 15 is 0 Å². The molecule has 8 nitrogen and oxygen atoms in total. The lowest BCUT2D eigenvalue weighted by Gasteiger charge is -2.20. The van der Waals surface area contributed by atoms with Crippen LogP contribution in [0.1, 0.15) is 40.7 Å². The van der Waals surface area contributed by atoms with Gasteiger partial charge in [-0.1, -0.05) is 25.5 Å². The highest BCUT2D eigenvalue weighted by molar-refractivity contribution is 7.15. The van der Waals surface area contributed by atoms with Crippen molar-refractivity contribution in [3.63, 3.8) is 0 Å². The van der Waals surface area contributed by atoms with Crippen LogP contribution in [0.4, 0.5) is 10.8 Å². The SMILES string of the molecule is CCCCOC(=O)c1ccccc1NC(=O)/C(C#N)=C\Nc1nc2c(s1)CN(C)CC2. The number of unbranched alkanes of at least 4 members (excludes halogenated alkanes) is 1. The van der Waals surface area contributed by atoms with Crippen molar-refractivity contribution < 1.29 is 14.3 Å². The van der Waals surface area contributed by atoms with Crippen LogP contribution >= 0.6 is 11.3 Å². The molecule has 1 aromatic heterocycles. The van der Waals surface area contributed by atoms with Gasteiger partial charge in [0.15, 0.2) is 5.13 Å². The molecule has 2 aromatic rings. The summed E-state index contributed by atoms with van der Waals surface area (Å²) in [4.78, 5) is 32.9. The number of carbonyl (C=O) groups is 2. The highest BCUT2D eigenvalue weighted by atomic mass is 32.1. The standard InChI is InChI=1S/C22H25N5O3S/c1-3-4-11-30-21(29)16-7-5-6-8-17(16)25-20(28)15(12-23)13-24-22-26-18-9-10-27(2)14-19(18)31-22/h5-8,13H,3-4,9-11,14H2,1-2H3,(H,24,26)(H,25,28)/b15-13-. The third kappa shape index (κ3) is 5.90. The fourth-order valence-electron chi connectivity index (χ4n) is 3.01. The van der Waals surface area contributed by atoms with Crippen molar-refractivity contribution in [2.24, 2.45) is 0 Å². The molecule has 0 unspecified atom stereocenters. The van der Waals surface area contributed by atoms with Gasteiger partial charge in [0.2, 0.25) is 0 Å². The quantitative estimate of drug-likeness (QED) is 0.280. The molecule has 0 bridgehead atoms. The summed E-state index contributed by atoms with van der Waals surface area (Å²) in [6.45, 7) is 4.12. The summed E-state index contributed by atoms with van der Waals surface area (Å²) < 4.78 is 5.24. The van der Waals surface area contributed by atoms with Crippen LogP contribution in [0.3, 0.4) is 0 Å². The van der Waals surface area contributed by atoms with Gasteiger partial charge in [-0.15, -0.1) is 11.3 Å². The first-order chi connectivity index (χ1) is 15.0. The van der Waals surface area contributed by atoms with E-state index in [1.807, 2.05) is 13.0 Å². The number of nitrogens with one attached hydrogen (secondary N) is 2. The van der Waals surface area contributed by atoms with Crippen LogP contribution in [-0.4, -0.2) is 42.0 Å². The van der Waals surface area contributed by atoms with E-state index in [1.165, 1.54) is 22.4 Å². The molecule has 0 aliphatic carbocycles. The van der Waals surface area contributed by atoms with Crippen LogP contribution in [0.15, 0.2) is 36.0 Å². The molecule has 162 valence electrons. The molecular weight excluding hydrogens is 414 g/mol. The molecule has 1 aliphatic heterocycles. The lowest BCUT2D eigenvalue weighted by atomic mass is 10.1. The average Bonchev–Trinajstić information content (AvgIpc) is 3.16. The fraction of sp³-hybridized carbons (Fsp3) is 0.364. The van der Waals surface area contributed by atoms with Gasteiger partial charge in [0, 0.05) is 30.6 Å². The molecule has 0 atom stereocenters. The van der Waals surface area contributed by atoms with Crippen LogP contribution in [0, 0.1) is 11.3 Å². The summed E-state index contributed by atoms with van der Waals surface area (Å²) in [7, 11) is 2.06. The number of para-hydroxylation sites is 1. The second-order valence-corrected chi connectivity index (χ2v) is 8.26. The predicted molar refractivity (Wildman–Crippen MR) is 120 cm³/mol. The van der Waals surface area contributed by atoms with E-state index in [1.54, 1.807) is 24.3 Å². The number of ether oxygens (including phenoxy) is 1. The minimum atomic E-state index is -0.620. The Balaban J connectivity index is 1.68. The van der Waals surface area contributed by atoms with Gasteiger partial charge in [-0.3, -0.25) is 4.79 Å². The zero-order valence-corrected chi connectivity index (χ0v) is 18.4. The summed E-state index contributed by atoms with van der Waals surface area (Å²) in [6, 6.07) is 8.46. The van der Waals surface area contributed by atoms with E-state index in [0.717, 1.165) is 38.0 Å². The van der Waals surface area contributed by atoms with Crippen molar-refractivity contribution in [3.05, 3.63) is 52.2 Å². The molecule has 3 rings (SSSR count). The third-order valence-corrected chi connectivity index (χ3v) is 5.77. The Morgan fingerprint density at radius 3 is 2.97 bits per heavy atom. The number of aromatic nitrogens is 1. The zero-order chi connectivity index (χ0) is 22.2. The van der Waals surface area contributed by atoms with Gasteiger partial charge < -0.3 is 20.3 Å². The molecular formula is C22H25N5O3S. The summed E-state index contributed by atoms with van der Waals surface area (Å²) in [6.07, 6.45) is 3.90. The largest absolute Gasteiger partial charge is 0.462 e. The molecule has 0 saturated carbocycles. The number of anilines is 2. The smallest absolute Gasteiger partial charge is 0.340 e. The molecule has 2 N–H and O–H groups in total. The Morgan fingerprint density at radius 1 is 1.39 bits per heavy atom. The number of thiazole rings is 1. The number of nitriles is 1. The van der Waals surface area contributed by atoms with E-state index in [2.05, 4.69) is 27.6 Å². The molecule has 0 fully saturated rings. The number of esters is 1. The monoisotopic (exact) mass is 439 g/mol. The van der Waals surface area contributed by atoms with Crippen molar-refractivity contribution in [3.8, 4) is 6.07 Å². The molecule has 31 heavy (non-hydrogen) atoms. The Bertz CT molecular complexity index is 1020. The number of carbonyl (C=O) groups excluding carboxylic acids is 2. The zero-order valence-electron chi connectivity index (χ0n) is 17.6. The number of nitrogens with zero attached hydrogens (tertiary/aromatic N) is 3. The normalized spacial score (nSPS) is 13.8. The van der Waals surface area contributed by atoms with Crippen LogP contribution in [-0.2, 0) is 22.5 Å². The van der Waals surface area contributed by atoms with Crippen molar-refractivity contribution in [2.45, 2.75) is 32.7 Å². The van der Waals surface area contributed by atoms with Crippen LogP contribution in [0.5, 0.6) is 0 Å². The second-order valence-electron chi connectivity index (χ2n) is 7.18. The molecule has 0 spiro atoms. The van der Waals surface area contributed by atoms with Crippen LogP contribution in [0.25, 0.3) is 0 Å². The minimum absolute atomic E-state index is 0.126. The number of hydrogen-bond donors (Lipinski definition) is 2. The summed E-state index contributed by atoms with van der Waals surface area (Å²) >= 11 is 1.51. The van der Waals surface area contributed by atoms with Crippen LogP contribution < -0.4 is 10.6 Å². The van der Waals surface area contributed by atoms with E-state index in [4.69, 9.17) is 4.74 Å². The third-order valence-electron chi connectivity index (χ3n) is 4.75. The molecule has 1 aromatic carbocycles. The molecule has 2 heterocycles. The second kappa shape index (κ2) is 10.7. The van der Waals surface area contributed by atoms with E-state index in [-0.39, 0.29) is 11.1 Å². The number of fused-ring (bicyclic) bond motifs is 1. The summed E-state index contributed by atoms with van der Waals surface area (Å²) in [5, 5.41) is 15.7. The van der Waals surface area contributed by atoms with Gasteiger partial charge in [-0.05, 0) is 25.6 Å². The van der Waals surface area contributed by atoms with Crippen molar-refractivity contribution in [1.82, 2.24) is 9.88 Å². The molecule has 9 heteroatoms. The van der Waals surface area contributed by atoms with Gasteiger partial charge in [0.05, 0.1) is 23.6 Å². The van der Waals surface area contributed by atoms with Crippen molar-refractivity contribution >= 4 is 34.0 Å². The fourth-order valence-corrected chi connectivity index (χ4v) is 4.07. The molecule has 1 aliphatic rings. The summed E-state index contributed by atoms with van der Waals surface area (Å²) in [5.41, 5.74) is 1.47. The lowest BCUT2D eigenvalue weighted by Crippen LogP contribution is -2.25. The van der Waals surface area contributed by atoms with Crippen molar-refractivity contribution in [1.29, 1.82) is 5.26 Å². The number of likely N-dealkylation sites (N-methyl/N-ethyl adjacent to an activating group) is 1. The number of benzene rings is 1. The molecule has 0 radical (unpaired) electrons. The number of hydrogen-bond acceptors (Lipinski definition) is 8. The van der Waals surface area contributed by atoms with Gasteiger partial charge in [-0.25, -0.2) is 9.78 Å². The average molecular weight is 440 g/mol. The van der Waals surface area contributed by atoms with Gasteiger partial charge >= 0.3 is 5.97 Å². The maximum absolute atomic E-state index is 12.6. The lowest BCUT2D eigenvalue weighted by molar-refractivity contribution is -0.112. The Kier molecular flexibility index (Phi) is 7.76. The number of rotatable bonds is 8. The topological polar surface area (TPSA) is 107 Å². The first-order valence-electron chi connectivity index (χ1n) is 10.1. The van der Waals surface area contributed by atoms with Gasteiger partial charge in [-0.2, -0.15) is 5.26 Å². The van der Waals surface area contributed by atoms with Gasteiger partial charge in [0.25, 0.3) is 5.91 Å². The maximum atomic E-state index is 12.6. The maximum Gasteiger partial charge on any atom is 0.340 e.